The normalized spacial score (nSPS) is 52.2. The molecule has 0 heterocycles. The van der Waals surface area contributed by atoms with E-state index in [1.54, 1.807) is 0 Å². The van der Waals surface area contributed by atoms with Crippen LogP contribution in [0.5, 0.6) is 0 Å². The third kappa shape index (κ3) is 1.35. The van der Waals surface area contributed by atoms with Crippen LogP contribution in [0, 0.1) is 38.4 Å². The second-order valence-electron chi connectivity index (χ2n) is 10.4. The first-order chi connectivity index (χ1) is 9.81. The van der Waals surface area contributed by atoms with E-state index in [4.69, 9.17) is 0 Å². The zero-order valence-electron chi connectivity index (χ0n) is 17.4. The van der Waals surface area contributed by atoms with Gasteiger partial charge in [0.15, 0.2) is 0 Å². The molecule has 0 aromatic heterocycles. The fraction of sp³-hybridized carbons (Fsp3) is 1.00. The van der Waals surface area contributed by atoms with Crippen molar-refractivity contribution in [2.75, 3.05) is 0 Å². The summed E-state index contributed by atoms with van der Waals surface area (Å²) in [6, 6.07) is 0. The Balaban J connectivity index is 2.77. The maximum atomic E-state index is 2.65. The molecule has 0 bridgehead atoms. The van der Waals surface area contributed by atoms with Crippen LogP contribution in [0.2, 0.25) is 0 Å². The van der Waals surface area contributed by atoms with Crippen LogP contribution < -0.4 is 0 Å². The Hall–Kier alpha value is 0. The maximum Gasteiger partial charge on any atom is -0.0148 e. The van der Waals surface area contributed by atoms with Gasteiger partial charge in [0.05, 0.1) is 0 Å². The highest BCUT2D eigenvalue weighted by Crippen LogP contribution is 2.95. The Morgan fingerprint density at radius 1 is 0.682 bits per heavy atom. The van der Waals surface area contributed by atoms with Crippen molar-refractivity contribution in [3.63, 3.8) is 0 Å². The number of fused-ring (bicyclic) bond motifs is 1. The van der Waals surface area contributed by atoms with E-state index in [0.717, 1.165) is 5.92 Å². The van der Waals surface area contributed by atoms with Gasteiger partial charge in [-0.1, -0.05) is 82.6 Å². The molecule has 0 saturated heterocycles. The van der Waals surface area contributed by atoms with Crippen LogP contribution in [0.1, 0.15) is 102 Å². The summed E-state index contributed by atoms with van der Waals surface area (Å²) >= 11 is 0. The lowest BCUT2D eigenvalue weighted by Gasteiger charge is -2.66. The summed E-state index contributed by atoms with van der Waals surface area (Å²) in [5.41, 5.74) is 2.54. The molecule has 0 N–H and O–H groups in total. The first-order valence-electron chi connectivity index (χ1n) is 9.81. The molecule has 0 nitrogen and oxygen atoms in total. The molecule has 0 aromatic rings. The van der Waals surface area contributed by atoms with Crippen LogP contribution >= 0.6 is 0 Å². The van der Waals surface area contributed by atoms with E-state index in [0.29, 0.717) is 32.5 Å². The monoisotopic (exact) mass is 306 g/mol. The highest BCUT2D eigenvalue weighted by atomic mass is 14.9. The SMILES string of the molecule is CCCC1C(C)(CC)C(C)(C)C(C)(C)C2(C)C(C)(CC)C12C. The second kappa shape index (κ2) is 4.54. The zero-order chi connectivity index (χ0) is 17.4. The smallest absolute Gasteiger partial charge is 0.0148 e. The summed E-state index contributed by atoms with van der Waals surface area (Å²) < 4.78 is 0. The molecular formula is C22H42. The third-order valence-corrected chi connectivity index (χ3v) is 11.0. The Labute approximate surface area is 140 Å². The lowest BCUT2D eigenvalue weighted by atomic mass is 9.39. The molecule has 2 saturated carbocycles. The summed E-state index contributed by atoms with van der Waals surface area (Å²) in [5, 5.41) is 0. The van der Waals surface area contributed by atoms with Gasteiger partial charge in [-0.25, -0.2) is 0 Å². The topological polar surface area (TPSA) is 0 Å². The predicted molar refractivity (Wildman–Crippen MR) is 99.0 cm³/mol. The molecule has 5 atom stereocenters. The van der Waals surface area contributed by atoms with Crippen molar-refractivity contribution in [2.24, 2.45) is 38.4 Å². The molecule has 0 radical (unpaired) electrons. The molecule has 22 heavy (non-hydrogen) atoms. The summed E-state index contributed by atoms with van der Waals surface area (Å²) in [7, 11) is 0. The van der Waals surface area contributed by atoms with E-state index in [-0.39, 0.29) is 0 Å². The van der Waals surface area contributed by atoms with Crippen LogP contribution in [0.25, 0.3) is 0 Å². The standard InChI is InChI=1S/C22H42/c1-12-15-16-19(8,13-2)17(4,5)18(6,7)22(11)20(9,14-3)21(16,22)10/h16H,12-15H2,1-11H3. The molecule has 2 rings (SSSR count). The minimum atomic E-state index is 0.356. The van der Waals surface area contributed by atoms with E-state index in [9.17, 15) is 0 Å². The Kier molecular flexibility index (Phi) is 3.79. The van der Waals surface area contributed by atoms with Gasteiger partial charge in [-0.15, -0.1) is 0 Å². The van der Waals surface area contributed by atoms with Crippen molar-refractivity contribution in [2.45, 2.75) is 102 Å². The lowest BCUT2D eigenvalue weighted by molar-refractivity contribution is -0.178. The van der Waals surface area contributed by atoms with Gasteiger partial charge >= 0.3 is 0 Å². The average molecular weight is 307 g/mol. The van der Waals surface area contributed by atoms with Crippen molar-refractivity contribution in [3.05, 3.63) is 0 Å². The van der Waals surface area contributed by atoms with Crippen molar-refractivity contribution in [1.29, 1.82) is 0 Å². The largest absolute Gasteiger partial charge is 0.0654 e. The first kappa shape index (κ1) is 18.3. The second-order valence-corrected chi connectivity index (χ2v) is 10.4. The summed E-state index contributed by atoms with van der Waals surface area (Å²) in [6.07, 6.45) is 5.34. The van der Waals surface area contributed by atoms with Gasteiger partial charge in [0.25, 0.3) is 0 Å². The van der Waals surface area contributed by atoms with Gasteiger partial charge in [0, 0.05) is 0 Å². The summed E-state index contributed by atoms with van der Waals surface area (Å²) in [6.45, 7) is 28.1. The van der Waals surface area contributed by atoms with Gasteiger partial charge in [0.1, 0.15) is 0 Å². The third-order valence-electron chi connectivity index (χ3n) is 11.0. The van der Waals surface area contributed by atoms with Crippen molar-refractivity contribution in [3.8, 4) is 0 Å². The van der Waals surface area contributed by atoms with Gasteiger partial charge in [0.2, 0.25) is 0 Å². The minimum absolute atomic E-state index is 0.356. The van der Waals surface area contributed by atoms with Crippen LogP contribution in [0.4, 0.5) is 0 Å². The van der Waals surface area contributed by atoms with Crippen molar-refractivity contribution in [1.82, 2.24) is 0 Å². The van der Waals surface area contributed by atoms with Gasteiger partial charge < -0.3 is 0 Å². The first-order valence-corrected chi connectivity index (χ1v) is 9.81. The van der Waals surface area contributed by atoms with Gasteiger partial charge in [-0.05, 0) is 57.7 Å². The highest BCUT2D eigenvalue weighted by molar-refractivity contribution is 5.37. The maximum absolute atomic E-state index is 2.65. The highest BCUT2D eigenvalue weighted by Gasteiger charge is 2.90. The van der Waals surface area contributed by atoms with Crippen LogP contribution in [0.3, 0.4) is 0 Å². The molecule has 130 valence electrons. The zero-order valence-corrected chi connectivity index (χ0v) is 17.4. The molecule has 2 fully saturated rings. The molecular weight excluding hydrogens is 264 g/mol. The Bertz CT molecular complexity index is 459. The summed E-state index contributed by atoms with van der Waals surface area (Å²) in [4.78, 5) is 0. The number of hydrogen-bond donors (Lipinski definition) is 0. The molecule has 0 spiro atoms. The molecule has 5 unspecified atom stereocenters. The minimum Gasteiger partial charge on any atom is -0.0654 e. The average Bonchev–Trinajstić information content (AvgIpc) is 2.87. The van der Waals surface area contributed by atoms with Crippen LogP contribution in [-0.2, 0) is 0 Å². The lowest BCUT2D eigenvalue weighted by Crippen LogP contribution is -2.60. The molecule has 0 aromatic carbocycles. The van der Waals surface area contributed by atoms with Crippen LogP contribution in [-0.4, -0.2) is 0 Å². The van der Waals surface area contributed by atoms with Gasteiger partial charge in [-0.2, -0.15) is 0 Å². The number of hydrogen-bond acceptors (Lipinski definition) is 0. The van der Waals surface area contributed by atoms with E-state index >= 15 is 0 Å². The quantitative estimate of drug-likeness (QED) is 0.510. The molecule has 2 aliphatic rings. The fourth-order valence-electron chi connectivity index (χ4n) is 8.04. The van der Waals surface area contributed by atoms with E-state index in [1.165, 1.54) is 25.7 Å². The Morgan fingerprint density at radius 2 is 1.18 bits per heavy atom. The van der Waals surface area contributed by atoms with Gasteiger partial charge in [-0.3, -0.25) is 0 Å². The predicted octanol–water partition coefficient (Wildman–Crippen LogP) is 7.33. The van der Waals surface area contributed by atoms with E-state index in [1.807, 2.05) is 0 Å². The molecule has 0 amide bonds. The molecule has 2 aliphatic carbocycles. The Morgan fingerprint density at radius 3 is 1.55 bits per heavy atom. The van der Waals surface area contributed by atoms with E-state index in [2.05, 4.69) is 76.2 Å². The fourth-order valence-corrected chi connectivity index (χ4v) is 8.04. The van der Waals surface area contributed by atoms with Crippen molar-refractivity contribution < 1.29 is 0 Å². The summed E-state index contributed by atoms with van der Waals surface area (Å²) in [5.74, 6) is 0.841. The van der Waals surface area contributed by atoms with E-state index < -0.39 is 0 Å². The van der Waals surface area contributed by atoms with Crippen molar-refractivity contribution >= 4 is 0 Å². The molecule has 0 heteroatoms. The molecule has 0 aliphatic heterocycles. The number of rotatable bonds is 4. The van der Waals surface area contributed by atoms with Crippen LogP contribution in [0.15, 0.2) is 0 Å².